The van der Waals surface area contributed by atoms with Crippen LogP contribution >= 0.6 is 0 Å². The second kappa shape index (κ2) is 7.04. The van der Waals surface area contributed by atoms with Crippen LogP contribution in [0.2, 0.25) is 0 Å². The molecule has 7 nitrogen and oxygen atoms in total. The highest BCUT2D eigenvalue weighted by atomic mass is 19.1. The van der Waals surface area contributed by atoms with Crippen molar-refractivity contribution in [2.75, 3.05) is 6.54 Å². The van der Waals surface area contributed by atoms with Gasteiger partial charge < -0.3 is 11.1 Å². The summed E-state index contributed by atoms with van der Waals surface area (Å²) in [6.45, 7) is 2.14. The first-order valence-electron chi connectivity index (χ1n) is 8.07. The van der Waals surface area contributed by atoms with Gasteiger partial charge in [0, 0.05) is 19.0 Å². The molecule has 3 rings (SSSR count). The molecule has 24 heavy (non-hydrogen) atoms. The van der Waals surface area contributed by atoms with Gasteiger partial charge in [-0.2, -0.15) is 0 Å². The minimum atomic E-state index is -0.645. The third-order valence-corrected chi connectivity index (χ3v) is 4.31. The summed E-state index contributed by atoms with van der Waals surface area (Å²) in [5.74, 6) is 0.474. The second-order valence-corrected chi connectivity index (χ2v) is 6.27. The van der Waals surface area contributed by atoms with Crippen LogP contribution in [0.1, 0.15) is 30.3 Å². The van der Waals surface area contributed by atoms with E-state index in [1.807, 2.05) is 0 Å². The highest BCUT2D eigenvalue weighted by Gasteiger charge is 2.30. The van der Waals surface area contributed by atoms with Crippen molar-refractivity contribution in [3.05, 3.63) is 41.5 Å². The molecule has 0 saturated heterocycles. The van der Waals surface area contributed by atoms with Gasteiger partial charge in [-0.1, -0.05) is 12.1 Å². The number of tetrazole rings is 1. The van der Waals surface area contributed by atoms with Gasteiger partial charge in [0.2, 0.25) is 5.91 Å². The molecule has 2 aromatic rings. The average Bonchev–Trinajstić information content (AvgIpc) is 3.32. The number of rotatable bonds is 7. The Morgan fingerprint density at radius 3 is 2.92 bits per heavy atom. The molecule has 1 heterocycles. The molecule has 1 aliphatic carbocycles. The van der Waals surface area contributed by atoms with Crippen molar-refractivity contribution >= 4 is 5.91 Å². The molecule has 0 aliphatic heterocycles. The van der Waals surface area contributed by atoms with Crippen molar-refractivity contribution in [2.24, 2.45) is 11.7 Å². The Morgan fingerprint density at radius 2 is 2.29 bits per heavy atom. The quantitative estimate of drug-likeness (QED) is 0.780. The normalized spacial score (nSPS) is 16.6. The molecule has 8 heteroatoms. The molecule has 0 bridgehead atoms. The molecular weight excluding hydrogens is 311 g/mol. The molecule has 128 valence electrons. The number of nitrogens with one attached hydrogen (secondary N) is 1. The fourth-order valence-corrected chi connectivity index (χ4v) is 2.73. The molecule has 3 N–H and O–H groups in total. The third kappa shape index (κ3) is 3.94. The Hall–Kier alpha value is -2.35. The van der Waals surface area contributed by atoms with Crippen LogP contribution in [0.25, 0.3) is 0 Å². The number of halogens is 1. The number of nitrogens with zero attached hydrogens (tertiary/aromatic N) is 4. The van der Waals surface area contributed by atoms with Crippen LogP contribution < -0.4 is 11.1 Å². The number of benzene rings is 1. The van der Waals surface area contributed by atoms with E-state index in [0.717, 1.165) is 12.8 Å². The summed E-state index contributed by atoms with van der Waals surface area (Å²) < 4.78 is 14.9. The summed E-state index contributed by atoms with van der Waals surface area (Å²) in [5, 5.41) is 14.2. The first-order valence-corrected chi connectivity index (χ1v) is 8.07. The third-order valence-electron chi connectivity index (χ3n) is 4.31. The molecule has 2 unspecified atom stereocenters. The van der Waals surface area contributed by atoms with Crippen molar-refractivity contribution in [1.82, 2.24) is 25.5 Å². The van der Waals surface area contributed by atoms with Crippen LogP contribution in [0.15, 0.2) is 24.3 Å². The van der Waals surface area contributed by atoms with E-state index >= 15 is 0 Å². The zero-order valence-electron chi connectivity index (χ0n) is 13.5. The van der Waals surface area contributed by atoms with Crippen LogP contribution in [0.3, 0.4) is 0 Å². The number of carbonyl (C=O) groups is 1. The minimum absolute atomic E-state index is 0.0289. The van der Waals surface area contributed by atoms with Crippen molar-refractivity contribution in [3.8, 4) is 0 Å². The molecule has 1 saturated carbocycles. The van der Waals surface area contributed by atoms with Crippen LogP contribution in [0, 0.1) is 18.7 Å². The van der Waals surface area contributed by atoms with Gasteiger partial charge in [0.15, 0.2) is 0 Å². The van der Waals surface area contributed by atoms with Crippen LogP contribution in [0.5, 0.6) is 0 Å². The lowest BCUT2D eigenvalue weighted by Crippen LogP contribution is -2.42. The SMILES string of the molecule is Cc1nnnn1C(Cc1cccc(F)c1)C(=O)NCC(N)C1CC1. The average molecular weight is 332 g/mol. The molecule has 0 spiro atoms. The summed E-state index contributed by atoms with van der Waals surface area (Å²) in [7, 11) is 0. The Morgan fingerprint density at radius 1 is 1.50 bits per heavy atom. The number of aryl methyl sites for hydroxylation is 1. The second-order valence-electron chi connectivity index (χ2n) is 6.27. The summed E-state index contributed by atoms with van der Waals surface area (Å²) in [6.07, 6.45) is 2.54. The number of hydrogen-bond acceptors (Lipinski definition) is 5. The summed E-state index contributed by atoms with van der Waals surface area (Å²) in [5.41, 5.74) is 6.74. The zero-order valence-corrected chi connectivity index (χ0v) is 13.5. The van der Waals surface area contributed by atoms with Gasteiger partial charge in [0.1, 0.15) is 17.7 Å². The van der Waals surface area contributed by atoms with E-state index in [-0.39, 0.29) is 17.8 Å². The van der Waals surface area contributed by atoms with Crippen LogP contribution in [-0.4, -0.2) is 38.7 Å². The monoisotopic (exact) mass is 332 g/mol. The Balaban J connectivity index is 1.74. The maximum atomic E-state index is 13.4. The first-order chi connectivity index (χ1) is 11.5. The zero-order chi connectivity index (χ0) is 17.1. The first kappa shape index (κ1) is 16.5. The number of hydrogen-bond donors (Lipinski definition) is 2. The fraction of sp³-hybridized carbons (Fsp3) is 0.500. The number of aromatic nitrogens is 4. The summed E-state index contributed by atoms with van der Waals surface area (Å²) in [6, 6.07) is 5.51. The lowest BCUT2D eigenvalue weighted by Gasteiger charge is -2.19. The molecule has 0 radical (unpaired) electrons. The molecule has 1 amide bonds. The van der Waals surface area contributed by atoms with Crippen molar-refractivity contribution in [3.63, 3.8) is 0 Å². The molecule has 2 atom stereocenters. The van der Waals surface area contributed by atoms with Gasteiger partial charge in [-0.25, -0.2) is 9.07 Å². The van der Waals surface area contributed by atoms with E-state index in [0.29, 0.717) is 30.3 Å². The predicted molar refractivity (Wildman–Crippen MR) is 85.4 cm³/mol. The van der Waals surface area contributed by atoms with Gasteiger partial charge in [-0.3, -0.25) is 4.79 Å². The lowest BCUT2D eigenvalue weighted by molar-refractivity contribution is -0.124. The molecule has 1 fully saturated rings. The van der Waals surface area contributed by atoms with E-state index in [4.69, 9.17) is 5.73 Å². The van der Waals surface area contributed by atoms with E-state index in [1.165, 1.54) is 16.8 Å². The molecule has 1 aliphatic rings. The van der Waals surface area contributed by atoms with E-state index < -0.39 is 6.04 Å². The number of amides is 1. The molecular formula is C16H21FN6O. The Kier molecular flexibility index (Phi) is 4.84. The largest absolute Gasteiger partial charge is 0.353 e. The highest BCUT2D eigenvalue weighted by molar-refractivity contribution is 5.80. The molecule has 1 aromatic carbocycles. The van der Waals surface area contributed by atoms with Gasteiger partial charge in [-0.15, -0.1) is 5.10 Å². The van der Waals surface area contributed by atoms with Gasteiger partial charge >= 0.3 is 0 Å². The smallest absolute Gasteiger partial charge is 0.245 e. The summed E-state index contributed by atoms with van der Waals surface area (Å²) >= 11 is 0. The summed E-state index contributed by atoms with van der Waals surface area (Å²) in [4.78, 5) is 12.7. The predicted octanol–water partition coefficient (Wildman–Crippen LogP) is 0.758. The van der Waals surface area contributed by atoms with E-state index in [2.05, 4.69) is 20.8 Å². The van der Waals surface area contributed by atoms with Crippen molar-refractivity contribution in [1.29, 1.82) is 0 Å². The van der Waals surface area contributed by atoms with Gasteiger partial charge in [-0.05, 0) is 53.8 Å². The van der Waals surface area contributed by atoms with Crippen molar-refractivity contribution < 1.29 is 9.18 Å². The minimum Gasteiger partial charge on any atom is -0.353 e. The van der Waals surface area contributed by atoms with Crippen LogP contribution in [-0.2, 0) is 11.2 Å². The van der Waals surface area contributed by atoms with Gasteiger partial charge in [0.25, 0.3) is 0 Å². The molecule has 1 aromatic heterocycles. The Labute approximate surface area is 139 Å². The maximum absolute atomic E-state index is 13.4. The lowest BCUT2D eigenvalue weighted by atomic mass is 10.0. The number of nitrogens with two attached hydrogens (primary N) is 1. The maximum Gasteiger partial charge on any atom is 0.245 e. The fourth-order valence-electron chi connectivity index (χ4n) is 2.73. The topological polar surface area (TPSA) is 98.7 Å². The highest BCUT2D eigenvalue weighted by Crippen LogP contribution is 2.31. The van der Waals surface area contributed by atoms with Gasteiger partial charge in [0.05, 0.1) is 0 Å². The number of carbonyl (C=O) groups excluding carboxylic acids is 1. The van der Waals surface area contributed by atoms with Crippen LogP contribution in [0.4, 0.5) is 4.39 Å². The van der Waals surface area contributed by atoms with E-state index in [1.54, 1.807) is 19.1 Å². The Bertz CT molecular complexity index is 714. The van der Waals surface area contributed by atoms with E-state index in [9.17, 15) is 9.18 Å². The van der Waals surface area contributed by atoms with Crippen molar-refractivity contribution in [2.45, 2.75) is 38.3 Å². The standard InChI is InChI=1S/C16H21FN6O/c1-10-20-21-22-23(10)15(8-11-3-2-4-13(17)7-11)16(24)19-9-14(18)12-5-6-12/h2-4,7,12,14-15H,5-6,8-9,18H2,1H3,(H,19,24).